The summed E-state index contributed by atoms with van der Waals surface area (Å²) in [6.07, 6.45) is -4.09. The van der Waals surface area contributed by atoms with Gasteiger partial charge in [-0.15, -0.1) is 0 Å². The van der Waals surface area contributed by atoms with E-state index < -0.39 is 33.6 Å². The van der Waals surface area contributed by atoms with Gasteiger partial charge in [-0.1, -0.05) is 0 Å². The van der Waals surface area contributed by atoms with Gasteiger partial charge in [0.25, 0.3) is 11.8 Å². The highest BCUT2D eigenvalue weighted by molar-refractivity contribution is 7.91. The number of rotatable bonds is 6. The summed E-state index contributed by atoms with van der Waals surface area (Å²) in [6, 6.07) is 8.06. The summed E-state index contributed by atoms with van der Waals surface area (Å²) >= 11 is 0. The van der Waals surface area contributed by atoms with Crippen molar-refractivity contribution in [3.8, 4) is 5.75 Å². The van der Waals surface area contributed by atoms with Crippen molar-refractivity contribution in [2.24, 2.45) is 0 Å². The van der Waals surface area contributed by atoms with Crippen LogP contribution in [0.5, 0.6) is 5.75 Å². The smallest absolute Gasteiger partial charge is 0.416 e. The molecule has 15 heteroatoms. The maximum atomic E-state index is 13.5. The summed E-state index contributed by atoms with van der Waals surface area (Å²) in [5.74, 6) is -0.818. The van der Waals surface area contributed by atoms with Gasteiger partial charge in [0.2, 0.25) is 5.91 Å². The lowest BCUT2D eigenvalue weighted by Gasteiger charge is -2.42. The van der Waals surface area contributed by atoms with Crippen molar-refractivity contribution in [3.63, 3.8) is 0 Å². The number of nitrogens with zero attached hydrogens (tertiary/aromatic N) is 2. The first-order chi connectivity index (χ1) is 20.8. The molecule has 0 saturated carbocycles. The maximum Gasteiger partial charge on any atom is 0.416 e. The van der Waals surface area contributed by atoms with Crippen LogP contribution in [0.3, 0.4) is 0 Å². The Bertz CT molecular complexity index is 1500. The molecule has 2 aromatic rings. The van der Waals surface area contributed by atoms with Crippen LogP contribution in [0.1, 0.15) is 39.1 Å². The lowest BCUT2D eigenvalue weighted by Crippen LogP contribution is -2.55. The van der Waals surface area contributed by atoms with Crippen LogP contribution >= 0.6 is 0 Å². The van der Waals surface area contributed by atoms with Gasteiger partial charge in [0.05, 0.1) is 41.3 Å². The molecule has 3 amide bonds. The molecule has 3 aliphatic rings. The zero-order chi connectivity index (χ0) is 31.6. The highest BCUT2D eigenvalue weighted by atomic mass is 32.2. The number of fused-ring (bicyclic) bond motifs is 2. The van der Waals surface area contributed by atoms with E-state index in [-0.39, 0.29) is 77.7 Å². The van der Waals surface area contributed by atoms with Gasteiger partial charge in [0, 0.05) is 37.9 Å². The van der Waals surface area contributed by atoms with Crippen LogP contribution in [0.4, 0.5) is 18.9 Å². The van der Waals surface area contributed by atoms with Crippen molar-refractivity contribution in [3.05, 3.63) is 59.2 Å². The monoisotopic (exact) mass is 638 g/mol. The van der Waals surface area contributed by atoms with E-state index in [1.54, 1.807) is 16.8 Å². The molecule has 44 heavy (non-hydrogen) atoms. The second-order valence-electron chi connectivity index (χ2n) is 11.1. The minimum Gasteiger partial charge on any atom is -0.490 e. The van der Waals surface area contributed by atoms with Gasteiger partial charge in [-0.05, 0) is 55.3 Å². The fourth-order valence-electron chi connectivity index (χ4n) is 5.51. The van der Waals surface area contributed by atoms with E-state index >= 15 is 0 Å². The Hall–Kier alpha value is -3.69. The highest BCUT2D eigenvalue weighted by Crippen LogP contribution is 2.32. The highest BCUT2D eigenvalue weighted by Gasteiger charge is 2.39. The first-order valence-electron chi connectivity index (χ1n) is 14.2. The molecule has 3 atom stereocenters. The first kappa shape index (κ1) is 31.7. The number of benzene rings is 2. The largest absolute Gasteiger partial charge is 0.490 e. The average Bonchev–Trinajstić information content (AvgIpc) is 2.99. The number of sulfone groups is 1. The standard InChI is InChI=1S/C29H33F3N4O7S/c1-35-23-8-7-21(15-33-26(37)16-36-10-12-44(40,41)13-11-36)43-25(23)17-42-24-9-6-20(14-22(24)28(35)39)34-27(38)18-2-4-19(5-3-18)29(30,31)32/h2-6,9,14,21,23,25H,7-8,10-13,15-17H2,1H3,(H,33,37)(H,34,38)/t21-,23-,25-/m0/s1. The van der Waals surface area contributed by atoms with Crippen LogP contribution in [0, 0.1) is 0 Å². The Balaban J connectivity index is 1.17. The molecule has 5 rings (SSSR count). The summed E-state index contributed by atoms with van der Waals surface area (Å²) in [5.41, 5.74) is -0.343. The summed E-state index contributed by atoms with van der Waals surface area (Å²) in [5, 5.41) is 5.48. The third kappa shape index (κ3) is 7.50. The lowest BCUT2D eigenvalue weighted by molar-refractivity contribution is -0.137. The molecule has 0 aromatic heterocycles. The number of nitrogens with one attached hydrogen (secondary N) is 2. The molecule has 11 nitrogen and oxygen atoms in total. The van der Waals surface area contributed by atoms with Crippen molar-refractivity contribution in [1.29, 1.82) is 0 Å². The number of ether oxygens (including phenoxy) is 2. The molecule has 2 saturated heterocycles. The van der Waals surface area contributed by atoms with E-state index in [0.717, 1.165) is 24.3 Å². The number of hydrogen-bond acceptors (Lipinski definition) is 8. The summed E-state index contributed by atoms with van der Waals surface area (Å²) < 4.78 is 73.9. The first-order valence-corrected chi connectivity index (χ1v) is 16.0. The number of carbonyl (C=O) groups is 3. The van der Waals surface area contributed by atoms with Crippen molar-refractivity contribution < 1.29 is 45.4 Å². The van der Waals surface area contributed by atoms with Gasteiger partial charge in [-0.25, -0.2) is 8.42 Å². The SMILES string of the molecule is CN1C(=O)c2cc(NC(=O)c3ccc(C(F)(F)F)cc3)ccc2OC[C@@H]2O[C@H](CNC(=O)CN3CCS(=O)(=O)CC3)CC[C@@H]21. The van der Waals surface area contributed by atoms with E-state index in [9.17, 15) is 36.0 Å². The third-order valence-corrected chi connectivity index (χ3v) is 9.68. The van der Waals surface area contributed by atoms with Crippen molar-refractivity contribution in [2.75, 3.05) is 56.7 Å². The number of anilines is 1. The van der Waals surface area contributed by atoms with E-state index in [1.807, 2.05) is 0 Å². The average molecular weight is 639 g/mol. The minimum atomic E-state index is -4.51. The van der Waals surface area contributed by atoms with Crippen LogP contribution in [-0.4, -0.2) is 106 Å². The Labute approximate surface area is 252 Å². The molecule has 0 bridgehead atoms. The molecular formula is C29H33F3N4O7S. The fraction of sp³-hybridized carbons (Fsp3) is 0.483. The molecule has 0 aliphatic carbocycles. The Morgan fingerprint density at radius 3 is 2.43 bits per heavy atom. The van der Waals surface area contributed by atoms with Crippen molar-refractivity contribution in [2.45, 2.75) is 37.3 Å². The Morgan fingerprint density at radius 2 is 1.75 bits per heavy atom. The molecule has 2 aromatic carbocycles. The van der Waals surface area contributed by atoms with Crippen LogP contribution < -0.4 is 15.4 Å². The molecule has 2 N–H and O–H groups in total. The zero-order valence-electron chi connectivity index (χ0n) is 23.9. The van der Waals surface area contributed by atoms with Gasteiger partial charge in [-0.2, -0.15) is 13.2 Å². The molecule has 3 aliphatic heterocycles. The van der Waals surface area contributed by atoms with Gasteiger partial charge >= 0.3 is 6.18 Å². The molecule has 0 radical (unpaired) electrons. The number of amides is 3. The molecule has 238 valence electrons. The Morgan fingerprint density at radius 1 is 1.05 bits per heavy atom. The predicted molar refractivity (Wildman–Crippen MR) is 153 cm³/mol. The zero-order valence-corrected chi connectivity index (χ0v) is 24.7. The summed E-state index contributed by atoms with van der Waals surface area (Å²) in [4.78, 5) is 42.0. The van der Waals surface area contributed by atoms with Gasteiger partial charge in [-0.3, -0.25) is 19.3 Å². The summed E-state index contributed by atoms with van der Waals surface area (Å²) in [6.45, 7) is 1.17. The molecule has 0 unspecified atom stereocenters. The quantitative estimate of drug-likeness (QED) is 0.492. The molecule has 3 heterocycles. The van der Waals surface area contributed by atoms with Gasteiger partial charge < -0.3 is 25.0 Å². The van der Waals surface area contributed by atoms with Crippen LogP contribution in [-0.2, 0) is 25.5 Å². The predicted octanol–water partition coefficient (Wildman–Crippen LogP) is 2.18. The van der Waals surface area contributed by atoms with E-state index in [0.29, 0.717) is 25.9 Å². The fourth-order valence-corrected chi connectivity index (χ4v) is 6.79. The minimum absolute atomic E-state index is 0.0272. The maximum absolute atomic E-state index is 13.5. The van der Waals surface area contributed by atoms with Gasteiger partial charge in [0.15, 0.2) is 9.84 Å². The number of carbonyl (C=O) groups excluding carboxylic acids is 3. The second-order valence-corrected chi connectivity index (χ2v) is 13.4. The van der Waals surface area contributed by atoms with Crippen LogP contribution in [0.2, 0.25) is 0 Å². The molecular weight excluding hydrogens is 605 g/mol. The van der Waals surface area contributed by atoms with E-state index in [1.165, 1.54) is 18.2 Å². The third-order valence-electron chi connectivity index (χ3n) is 8.08. The topological polar surface area (TPSA) is 134 Å². The normalized spacial score (nSPS) is 23.8. The van der Waals surface area contributed by atoms with Crippen LogP contribution in [0.15, 0.2) is 42.5 Å². The number of alkyl halides is 3. The van der Waals surface area contributed by atoms with Crippen molar-refractivity contribution in [1.82, 2.24) is 15.1 Å². The van der Waals surface area contributed by atoms with Gasteiger partial charge in [0.1, 0.15) is 18.5 Å². The van der Waals surface area contributed by atoms with E-state index in [2.05, 4.69) is 10.6 Å². The van der Waals surface area contributed by atoms with Crippen molar-refractivity contribution >= 4 is 33.2 Å². The second kappa shape index (κ2) is 12.7. The Kier molecular flexibility index (Phi) is 9.18. The number of likely N-dealkylation sites (N-methyl/N-ethyl adjacent to an activating group) is 1. The number of hydrogen-bond donors (Lipinski definition) is 2. The molecule has 2 fully saturated rings. The summed E-state index contributed by atoms with van der Waals surface area (Å²) in [7, 11) is -1.37. The molecule has 0 spiro atoms. The lowest BCUT2D eigenvalue weighted by atomic mass is 9.95. The van der Waals surface area contributed by atoms with Crippen LogP contribution in [0.25, 0.3) is 0 Å². The van der Waals surface area contributed by atoms with E-state index in [4.69, 9.17) is 9.47 Å². The number of halogens is 3.